The van der Waals surface area contributed by atoms with Crippen LogP contribution in [0.3, 0.4) is 0 Å². The first kappa shape index (κ1) is 19.9. The van der Waals surface area contributed by atoms with Crippen molar-refractivity contribution in [3.05, 3.63) is 29.8 Å². The molecule has 0 unspecified atom stereocenters. The highest BCUT2D eigenvalue weighted by molar-refractivity contribution is 7.80. The zero-order chi connectivity index (χ0) is 17.8. The van der Waals surface area contributed by atoms with Crippen LogP contribution in [-0.4, -0.2) is 30.0 Å². The van der Waals surface area contributed by atoms with Crippen LogP contribution in [0.15, 0.2) is 29.4 Å². The van der Waals surface area contributed by atoms with Crippen molar-refractivity contribution in [3.63, 3.8) is 0 Å². The Kier molecular flexibility index (Phi) is 9.45. The van der Waals surface area contributed by atoms with Gasteiger partial charge in [-0.2, -0.15) is 5.10 Å². The first-order valence-corrected chi connectivity index (χ1v) is 8.38. The summed E-state index contributed by atoms with van der Waals surface area (Å²) in [6.07, 6.45) is 2.71. The lowest BCUT2D eigenvalue weighted by Gasteiger charge is -2.07. The minimum absolute atomic E-state index is 0.166. The summed E-state index contributed by atoms with van der Waals surface area (Å²) in [4.78, 5) is 11.2. The Bertz CT molecular complexity index is 559. The fraction of sp³-hybridized carbons (Fsp3) is 0.471. The van der Waals surface area contributed by atoms with Gasteiger partial charge in [0.1, 0.15) is 5.75 Å². The van der Waals surface area contributed by atoms with Crippen LogP contribution in [0.25, 0.3) is 0 Å². The Morgan fingerprint density at radius 2 is 2.00 bits per heavy atom. The summed E-state index contributed by atoms with van der Waals surface area (Å²) in [6.45, 7) is 4.63. The van der Waals surface area contributed by atoms with Gasteiger partial charge in [0.15, 0.2) is 5.11 Å². The van der Waals surface area contributed by atoms with E-state index < -0.39 is 0 Å². The second-order valence-corrected chi connectivity index (χ2v) is 5.66. The molecule has 0 aromatic heterocycles. The number of nitrogens with two attached hydrogens (primary N) is 1. The molecule has 1 aromatic carbocycles. The van der Waals surface area contributed by atoms with Gasteiger partial charge in [-0.3, -0.25) is 10.2 Å². The van der Waals surface area contributed by atoms with Crippen molar-refractivity contribution < 1.29 is 14.3 Å². The molecular formula is C17H25N3O3S. The van der Waals surface area contributed by atoms with Crippen LogP contribution in [-0.2, 0) is 16.0 Å². The van der Waals surface area contributed by atoms with Gasteiger partial charge in [-0.25, -0.2) is 0 Å². The number of carbonyl (C=O) groups excluding carboxylic acids is 1. The zero-order valence-corrected chi connectivity index (χ0v) is 15.0. The molecule has 0 heterocycles. The van der Waals surface area contributed by atoms with Crippen LogP contribution < -0.4 is 15.9 Å². The number of hydrazone groups is 1. The standard InChI is InChI=1S/C17H25N3O3S/c1-3-22-16(21)5-4-12-23-15-10-8-14(9-11-15)7-6-13(2)19-20-17(18)24/h8-11H,3-7,12H2,1-2H3,(H3,18,20,24)/b19-13+. The molecule has 3 N–H and O–H groups in total. The van der Waals surface area contributed by atoms with Crippen LogP contribution in [0.4, 0.5) is 0 Å². The Labute approximate surface area is 148 Å². The minimum atomic E-state index is -0.182. The molecule has 0 aliphatic heterocycles. The van der Waals surface area contributed by atoms with Crippen molar-refractivity contribution in [2.75, 3.05) is 13.2 Å². The van der Waals surface area contributed by atoms with E-state index in [9.17, 15) is 4.79 Å². The molecule has 0 amide bonds. The maximum atomic E-state index is 11.2. The SMILES string of the molecule is CCOC(=O)CCCOc1ccc(CC/C(C)=N/NC(N)=S)cc1. The van der Waals surface area contributed by atoms with Gasteiger partial charge in [-0.1, -0.05) is 12.1 Å². The first-order chi connectivity index (χ1) is 11.5. The normalized spacial score (nSPS) is 11.0. The predicted molar refractivity (Wildman–Crippen MR) is 99.2 cm³/mol. The van der Waals surface area contributed by atoms with E-state index in [1.807, 2.05) is 31.2 Å². The average molecular weight is 351 g/mol. The Morgan fingerprint density at radius 1 is 1.29 bits per heavy atom. The van der Waals surface area contributed by atoms with Crippen molar-refractivity contribution in [1.29, 1.82) is 0 Å². The summed E-state index contributed by atoms with van der Waals surface area (Å²) in [5.74, 6) is 0.613. The van der Waals surface area contributed by atoms with Gasteiger partial charge in [-0.05, 0) is 63.0 Å². The third-order valence-electron chi connectivity index (χ3n) is 3.16. The van der Waals surface area contributed by atoms with Crippen molar-refractivity contribution in [2.45, 2.75) is 39.5 Å². The van der Waals surface area contributed by atoms with Gasteiger partial charge in [0.25, 0.3) is 0 Å². The fourth-order valence-corrected chi connectivity index (χ4v) is 1.97. The molecule has 0 radical (unpaired) electrons. The van der Waals surface area contributed by atoms with Crippen LogP contribution in [0.5, 0.6) is 5.75 Å². The summed E-state index contributed by atoms with van der Waals surface area (Å²) in [6, 6.07) is 7.91. The number of aryl methyl sites for hydroxylation is 1. The molecule has 0 spiro atoms. The third kappa shape index (κ3) is 9.09. The number of esters is 1. The van der Waals surface area contributed by atoms with Gasteiger partial charge < -0.3 is 15.2 Å². The minimum Gasteiger partial charge on any atom is -0.494 e. The van der Waals surface area contributed by atoms with Crippen LogP contribution in [0.1, 0.15) is 38.7 Å². The molecule has 1 rings (SSSR count). The fourth-order valence-electron chi connectivity index (χ4n) is 1.92. The first-order valence-electron chi connectivity index (χ1n) is 7.97. The van der Waals surface area contributed by atoms with E-state index in [0.29, 0.717) is 26.1 Å². The highest BCUT2D eigenvalue weighted by Gasteiger charge is 2.02. The number of nitrogens with zero attached hydrogens (tertiary/aromatic N) is 1. The van der Waals surface area contributed by atoms with Crippen LogP contribution >= 0.6 is 12.2 Å². The molecule has 0 bridgehead atoms. The average Bonchev–Trinajstić information content (AvgIpc) is 2.56. The number of ether oxygens (including phenoxy) is 2. The molecule has 0 saturated carbocycles. The number of thiocarbonyl (C=S) groups is 1. The van der Waals surface area contributed by atoms with Crippen molar-refractivity contribution >= 4 is 29.0 Å². The maximum absolute atomic E-state index is 11.2. The van der Waals surface area contributed by atoms with Gasteiger partial charge in [0, 0.05) is 12.1 Å². The second-order valence-electron chi connectivity index (χ2n) is 5.22. The van der Waals surface area contributed by atoms with Gasteiger partial charge in [0.05, 0.1) is 13.2 Å². The highest BCUT2D eigenvalue weighted by Crippen LogP contribution is 2.14. The molecule has 0 aliphatic carbocycles. The van der Waals surface area contributed by atoms with E-state index in [0.717, 1.165) is 24.3 Å². The van der Waals surface area contributed by atoms with E-state index in [1.54, 1.807) is 6.92 Å². The van der Waals surface area contributed by atoms with Crippen LogP contribution in [0.2, 0.25) is 0 Å². The van der Waals surface area contributed by atoms with Gasteiger partial charge in [0.2, 0.25) is 0 Å². The molecule has 0 fully saturated rings. The smallest absolute Gasteiger partial charge is 0.305 e. The van der Waals surface area contributed by atoms with Crippen molar-refractivity contribution in [1.82, 2.24) is 5.43 Å². The van der Waals surface area contributed by atoms with E-state index in [2.05, 4.69) is 10.5 Å². The summed E-state index contributed by atoms with van der Waals surface area (Å²) < 4.78 is 10.5. The number of carbonyl (C=O) groups is 1. The van der Waals surface area contributed by atoms with E-state index in [1.165, 1.54) is 5.56 Å². The maximum Gasteiger partial charge on any atom is 0.305 e. The molecule has 7 heteroatoms. The molecule has 6 nitrogen and oxygen atoms in total. The Morgan fingerprint density at radius 3 is 2.62 bits per heavy atom. The molecule has 0 aliphatic rings. The van der Waals surface area contributed by atoms with E-state index in [-0.39, 0.29) is 11.1 Å². The lowest BCUT2D eigenvalue weighted by Crippen LogP contribution is -2.25. The lowest BCUT2D eigenvalue weighted by atomic mass is 10.1. The molecule has 0 atom stereocenters. The quantitative estimate of drug-likeness (QED) is 0.221. The molecule has 0 saturated heterocycles. The van der Waals surface area contributed by atoms with E-state index in [4.69, 9.17) is 27.4 Å². The number of hydrogen-bond donors (Lipinski definition) is 2. The molecule has 24 heavy (non-hydrogen) atoms. The predicted octanol–water partition coefficient (Wildman–Crippen LogP) is 2.55. The molecule has 132 valence electrons. The second kappa shape index (κ2) is 11.4. The number of hydrogen-bond acceptors (Lipinski definition) is 5. The molecular weight excluding hydrogens is 326 g/mol. The Balaban J connectivity index is 2.29. The topological polar surface area (TPSA) is 85.9 Å². The summed E-state index contributed by atoms with van der Waals surface area (Å²) in [5, 5.41) is 4.24. The summed E-state index contributed by atoms with van der Waals surface area (Å²) in [7, 11) is 0. The largest absolute Gasteiger partial charge is 0.494 e. The number of benzene rings is 1. The molecule has 1 aromatic rings. The Hall–Kier alpha value is -2.15. The van der Waals surface area contributed by atoms with Crippen LogP contribution in [0, 0.1) is 0 Å². The van der Waals surface area contributed by atoms with Gasteiger partial charge >= 0.3 is 5.97 Å². The summed E-state index contributed by atoms with van der Waals surface area (Å²) in [5.41, 5.74) is 10.0. The van der Waals surface area contributed by atoms with E-state index >= 15 is 0 Å². The van der Waals surface area contributed by atoms with Crippen molar-refractivity contribution in [3.8, 4) is 5.75 Å². The third-order valence-corrected chi connectivity index (χ3v) is 3.25. The summed E-state index contributed by atoms with van der Waals surface area (Å²) >= 11 is 4.70. The number of nitrogens with one attached hydrogen (secondary N) is 1. The van der Waals surface area contributed by atoms with Crippen molar-refractivity contribution in [2.24, 2.45) is 10.8 Å². The zero-order valence-electron chi connectivity index (χ0n) is 14.2. The monoisotopic (exact) mass is 351 g/mol. The highest BCUT2D eigenvalue weighted by atomic mass is 32.1. The number of rotatable bonds is 10. The van der Waals surface area contributed by atoms with Gasteiger partial charge in [-0.15, -0.1) is 0 Å². The lowest BCUT2D eigenvalue weighted by molar-refractivity contribution is -0.143.